The number of aromatic amines is 1. The van der Waals surface area contributed by atoms with Gasteiger partial charge in [-0.15, -0.1) is 12.4 Å². The zero-order valence-corrected chi connectivity index (χ0v) is 15.2. The topological polar surface area (TPSA) is 88.2 Å². The lowest BCUT2D eigenvalue weighted by molar-refractivity contribution is -0.122. The molecule has 1 fully saturated rings. The van der Waals surface area contributed by atoms with Gasteiger partial charge in [0.15, 0.2) is 0 Å². The number of rotatable bonds is 6. The summed E-state index contributed by atoms with van der Waals surface area (Å²) in [6, 6.07) is 7.37. The normalized spacial score (nSPS) is 16.4. The number of piperidine rings is 1. The average Bonchev–Trinajstić information content (AvgIpc) is 2.90. The molecular formula is C17H25ClN4O3. The van der Waals surface area contributed by atoms with Gasteiger partial charge in [-0.25, -0.2) is 4.79 Å². The summed E-state index contributed by atoms with van der Waals surface area (Å²) >= 11 is 0. The zero-order valence-electron chi connectivity index (χ0n) is 14.3. The molecule has 0 spiro atoms. The van der Waals surface area contributed by atoms with Crippen molar-refractivity contribution in [2.75, 3.05) is 33.4 Å². The smallest absolute Gasteiger partial charge is 0.326 e. The first-order chi connectivity index (χ1) is 11.6. The van der Waals surface area contributed by atoms with Crippen LogP contribution in [0.2, 0.25) is 0 Å². The summed E-state index contributed by atoms with van der Waals surface area (Å²) in [6.45, 7) is 3.08. The Morgan fingerprint density at radius 1 is 1.32 bits per heavy atom. The molecule has 1 amide bonds. The van der Waals surface area contributed by atoms with Crippen LogP contribution in [0, 0.1) is 5.41 Å². The number of methoxy groups -OCH3 is 1. The van der Waals surface area contributed by atoms with Gasteiger partial charge in [-0.05, 0) is 38.1 Å². The molecule has 1 aromatic heterocycles. The number of ether oxygens (including phenoxy) is 1. The Hall–Kier alpha value is -1.83. The minimum atomic E-state index is -0.264. The van der Waals surface area contributed by atoms with E-state index in [0.29, 0.717) is 13.2 Å². The number of hydrogen-bond acceptors (Lipinski definition) is 4. The molecule has 25 heavy (non-hydrogen) atoms. The molecule has 0 atom stereocenters. The third-order valence-electron chi connectivity index (χ3n) is 4.76. The predicted octanol–water partition coefficient (Wildman–Crippen LogP) is 0.884. The number of hydrogen-bond donors (Lipinski definition) is 3. The van der Waals surface area contributed by atoms with Gasteiger partial charge in [0.05, 0.1) is 17.6 Å². The van der Waals surface area contributed by atoms with Gasteiger partial charge in [0.1, 0.15) is 6.54 Å². The number of fused-ring (bicyclic) bond motifs is 1. The fraction of sp³-hybridized carbons (Fsp3) is 0.529. The number of H-pyrrole nitrogens is 1. The van der Waals surface area contributed by atoms with Crippen molar-refractivity contribution in [3.8, 4) is 0 Å². The number of carbonyl (C=O) groups excluding carboxylic acids is 1. The highest BCUT2D eigenvalue weighted by molar-refractivity contribution is 5.85. The Balaban J connectivity index is 0.00000225. The van der Waals surface area contributed by atoms with Crippen LogP contribution in [-0.2, 0) is 16.1 Å². The lowest BCUT2D eigenvalue weighted by atomic mass is 9.79. The molecule has 1 aliphatic heterocycles. The number of halogens is 1. The van der Waals surface area contributed by atoms with E-state index in [4.69, 9.17) is 4.74 Å². The molecule has 0 unspecified atom stereocenters. The van der Waals surface area contributed by atoms with Crippen LogP contribution in [0.3, 0.4) is 0 Å². The summed E-state index contributed by atoms with van der Waals surface area (Å²) in [4.78, 5) is 27.2. The first kappa shape index (κ1) is 19.5. The maximum absolute atomic E-state index is 12.4. The van der Waals surface area contributed by atoms with E-state index in [1.807, 2.05) is 24.3 Å². The Morgan fingerprint density at radius 2 is 2.04 bits per heavy atom. The van der Waals surface area contributed by atoms with E-state index in [9.17, 15) is 9.59 Å². The number of amides is 1. The SMILES string of the molecule is COCC1(CNC(=O)Cn2c(=O)[nH]c3ccccc32)CCNCC1.Cl. The van der Waals surface area contributed by atoms with Crippen LogP contribution in [0.4, 0.5) is 0 Å². The number of imidazole rings is 1. The molecule has 7 nitrogen and oxygen atoms in total. The Labute approximate surface area is 152 Å². The van der Waals surface area contributed by atoms with Gasteiger partial charge < -0.3 is 20.4 Å². The number of carbonyl (C=O) groups is 1. The third-order valence-corrected chi connectivity index (χ3v) is 4.76. The van der Waals surface area contributed by atoms with Crippen molar-refractivity contribution in [3.05, 3.63) is 34.7 Å². The molecule has 0 saturated carbocycles. The van der Waals surface area contributed by atoms with Crippen LogP contribution in [0.15, 0.2) is 29.1 Å². The Morgan fingerprint density at radius 3 is 2.76 bits per heavy atom. The maximum atomic E-state index is 12.4. The fourth-order valence-corrected chi connectivity index (χ4v) is 3.38. The molecule has 0 bridgehead atoms. The lowest BCUT2D eigenvalue weighted by Gasteiger charge is -2.37. The summed E-state index contributed by atoms with van der Waals surface area (Å²) in [5, 5.41) is 6.32. The highest BCUT2D eigenvalue weighted by atomic mass is 35.5. The van der Waals surface area contributed by atoms with Crippen molar-refractivity contribution in [2.45, 2.75) is 19.4 Å². The second-order valence-corrected chi connectivity index (χ2v) is 6.49. The molecule has 2 heterocycles. The molecule has 1 aromatic carbocycles. The van der Waals surface area contributed by atoms with Crippen LogP contribution < -0.4 is 16.3 Å². The fourth-order valence-electron chi connectivity index (χ4n) is 3.38. The summed E-state index contributed by atoms with van der Waals surface area (Å²) in [6.07, 6.45) is 1.93. The Kier molecular flexibility index (Phi) is 6.64. The van der Waals surface area contributed by atoms with Crippen LogP contribution in [-0.4, -0.2) is 48.8 Å². The number of aromatic nitrogens is 2. The van der Waals surface area contributed by atoms with E-state index in [0.717, 1.165) is 37.0 Å². The van der Waals surface area contributed by atoms with Gasteiger partial charge in [-0.2, -0.15) is 0 Å². The number of nitrogens with one attached hydrogen (secondary N) is 3. The largest absolute Gasteiger partial charge is 0.384 e. The molecule has 138 valence electrons. The highest BCUT2D eigenvalue weighted by Crippen LogP contribution is 2.28. The van der Waals surface area contributed by atoms with Gasteiger partial charge in [0, 0.05) is 19.1 Å². The third kappa shape index (κ3) is 4.42. The molecule has 0 radical (unpaired) electrons. The quantitative estimate of drug-likeness (QED) is 0.706. The zero-order chi connectivity index (χ0) is 17.0. The standard InChI is InChI=1S/C17H24N4O3.ClH/c1-24-12-17(6-8-18-9-7-17)11-19-15(22)10-21-14-5-3-2-4-13(14)20-16(21)23;/h2-5,18H,6-12H2,1H3,(H,19,22)(H,20,23);1H. The highest BCUT2D eigenvalue weighted by Gasteiger charge is 2.32. The van der Waals surface area contributed by atoms with Crippen LogP contribution in [0.1, 0.15) is 12.8 Å². The monoisotopic (exact) mass is 368 g/mol. The number of para-hydroxylation sites is 2. The average molecular weight is 369 g/mol. The van der Waals surface area contributed by atoms with Crippen molar-refractivity contribution in [2.24, 2.45) is 5.41 Å². The van der Waals surface area contributed by atoms with E-state index in [-0.39, 0.29) is 36.0 Å². The molecule has 3 rings (SSSR count). The van der Waals surface area contributed by atoms with Crippen LogP contribution in [0.5, 0.6) is 0 Å². The van der Waals surface area contributed by atoms with Gasteiger partial charge in [0.2, 0.25) is 5.91 Å². The second-order valence-electron chi connectivity index (χ2n) is 6.49. The molecule has 3 N–H and O–H groups in total. The predicted molar refractivity (Wildman–Crippen MR) is 99.2 cm³/mol. The van der Waals surface area contributed by atoms with Crippen molar-refractivity contribution in [3.63, 3.8) is 0 Å². The van der Waals surface area contributed by atoms with E-state index < -0.39 is 0 Å². The minimum absolute atomic E-state index is 0. The van der Waals surface area contributed by atoms with Crippen molar-refractivity contribution < 1.29 is 9.53 Å². The van der Waals surface area contributed by atoms with Crippen LogP contribution in [0.25, 0.3) is 11.0 Å². The molecule has 8 heteroatoms. The Bertz CT molecular complexity index is 759. The maximum Gasteiger partial charge on any atom is 0.326 e. The van der Waals surface area contributed by atoms with Crippen molar-refractivity contribution in [1.82, 2.24) is 20.2 Å². The summed E-state index contributed by atoms with van der Waals surface area (Å²) in [7, 11) is 1.69. The van der Waals surface area contributed by atoms with E-state index >= 15 is 0 Å². The molecular weight excluding hydrogens is 344 g/mol. The van der Waals surface area contributed by atoms with Gasteiger partial charge in [0.25, 0.3) is 0 Å². The van der Waals surface area contributed by atoms with Gasteiger partial charge in [-0.1, -0.05) is 12.1 Å². The lowest BCUT2D eigenvalue weighted by Crippen LogP contribution is -2.47. The number of nitrogens with zero attached hydrogens (tertiary/aromatic N) is 1. The van der Waals surface area contributed by atoms with E-state index in [1.54, 1.807) is 7.11 Å². The van der Waals surface area contributed by atoms with E-state index in [2.05, 4.69) is 15.6 Å². The van der Waals surface area contributed by atoms with Gasteiger partial charge >= 0.3 is 5.69 Å². The molecule has 0 aliphatic carbocycles. The van der Waals surface area contributed by atoms with Crippen molar-refractivity contribution >= 4 is 29.3 Å². The van der Waals surface area contributed by atoms with Crippen molar-refractivity contribution in [1.29, 1.82) is 0 Å². The number of benzene rings is 1. The molecule has 2 aromatic rings. The second kappa shape index (κ2) is 8.51. The summed E-state index contributed by atoms with van der Waals surface area (Å²) in [5.74, 6) is -0.157. The molecule has 1 saturated heterocycles. The minimum Gasteiger partial charge on any atom is -0.384 e. The van der Waals surface area contributed by atoms with Crippen LogP contribution >= 0.6 is 12.4 Å². The molecule has 1 aliphatic rings. The first-order valence-corrected chi connectivity index (χ1v) is 8.27. The first-order valence-electron chi connectivity index (χ1n) is 8.27. The van der Waals surface area contributed by atoms with E-state index in [1.165, 1.54) is 4.57 Å². The summed E-state index contributed by atoms with van der Waals surface area (Å²) in [5.41, 5.74) is 1.19. The van der Waals surface area contributed by atoms with Gasteiger partial charge in [-0.3, -0.25) is 9.36 Å². The summed E-state index contributed by atoms with van der Waals surface area (Å²) < 4.78 is 6.83.